The molecule has 0 heterocycles. The van der Waals surface area contributed by atoms with E-state index in [1.165, 1.54) is 5.56 Å². The van der Waals surface area contributed by atoms with E-state index in [4.69, 9.17) is 16.3 Å². The minimum Gasteiger partial charge on any atom is -0.478 e. The summed E-state index contributed by atoms with van der Waals surface area (Å²) in [6.45, 7) is 4.20. The van der Waals surface area contributed by atoms with Gasteiger partial charge in [-0.05, 0) is 35.7 Å². The summed E-state index contributed by atoms with van der Waals surface area (Å²) in [6, 6.07) is 14.1. The Kier molecular flexibility index (Phi) is 4.86. The van der Waals surface area contributed by atoms with Crippen LogP contribution in [0, 0.1) is 0 Å². The maximum Gasteiger partial charge on any atom is 0.349 e. The quantitative estimate of drug-likeness (QED) is 0.873. The number of ether oxygens (including phenoxy) is 1. The van der Waals surface area contributed by atoms with Crippen molar-refractivity contribution in [3.8, 4) is 5.75 Å². The van der Waals surface area contributed by atoms with Gasteiger partial charge in [0.05, 0.1) is 0 Å². The van der Waals surface area contributed by atoms with Gasteiger partial charge in [0.2, 0.25) is 6.10 Å². The predicted octanol–water partition coefficient (Wildman–Crippen LogP) is 4.67. The highest BCUT2D eigenvalue weighted by Gasteiger charge is 2.21. The highest BCUT2D eigenvalue weighted by Crippen LogP contribution is 2.25. The normalized spacial score (nSPS) is 12.2. The zero-order valence-electron chi connectivity index (χ0n) is 11.9. The molecule has 2 aromatic rings. The van der Waals surface area contributed by atoms with Gasteiger partial charge in [0, 0.05) is 10.6 Å². The van der Waals surface area contributed by atoms with Crippen molar-refractivity contribution >= 4 is 17.6 Å². The monoisotopic (exact) mass is 304 g/mol. The fourth-order valence-electron chi connectivity index (χ4n) is 1.97. The molecule has 1 N–H and O–H groups in total. The summed E-state index contributed by atoms with van der Waals surface area (Å²) in [6.07, 6.45) is -1.05. The summed E-state index contributed by atoms with van der Waals surface area (Å²) < 4.78 is 5.59. The van der Waals surface area contributed by atoms with Crippen LogP contribution in [-0.4, -0.2) is 11.1 Å². The number of carboxylic acids is 1. The molecule has 2 rings (SSSR count). The van der Waals surface area contributed by atoms with E-state index in [2.05, 4.69) is 13.8 Å². The van der Waals surface area contributed by atoms with Crippen molar-refractivity contribution in [2.45, 2.75) is 25.9 Å². The number of hydrogen-bond acceptors (Lipinski definition) is 2. The molecule has 0 saturated heterocycles. The molecule has 0 saturated carbocycles. The number of hydrogen-bond donors (Lipinski definition) is 1. The summed E-state index contributed by atoms with van der Waals surface area (Å²) in [5, 5.41) is 9.90. The van der Waals surface area contributed by atoms with Crippen molar-refractivity contribution in [3.05, 3.63) is 64.7 Å². The Morgan fingerprint density at radius 2 is 1.52 bits per heavy atom. The van der Waals surface area contributed by atoms with Gasteiger partial charge in [0.1, 0.15) is 5.75 Å². The molecule has 0 spiro atoms. The van der Waals surface area contributed by atoms with E-state index in [0.29, 0.717) is 22.3 Å². The lowest BCUT2D eigenvalue weighted by Crippen LogP contribution is -2.18. The lowest BCUT2D eigenvalue weighted by Gasteiger charge is -2.16. The van der Waals surface area contributed by atoms with Crippen LogP contribution in [0.15, 0.2) is 48.5 Å². The molecule has 3 nitrogen and oxygen atoms in total. The lowest BCUT2D eigenvalue weighted by atomic mass is 10.0. The highest BCUT2D eigenvalue weighted by molar-refractivity contribution is 6.30. The first kappa shape index (κ1) is 15.4. The molecular weight excluding hydrogens is 288 g/mol. The van der Waals surface area contributed by atoms with Crippen molar-refractivity contribution in [1.29, 1.82) is 0 Å². The van der Waals surface area contributed by atoms with Crippen LogP contribution in [-0.2, 0) is 4.79 Å². The van der Waals surface area contributed by atoms with Gasteiger partial charge < -0.3 is 9.84 Å². The summed E-state index contributed by atoms with van der Waals surface area (Å²) in [5.41, 5.74) is 1.74. The highest BCUT2D eigenvalue weighted by atomic mass is 35.5. The summed E-state index contributed by atoms with van der Waals surface area (Å²) >= 11 is 5.81. The van der Waals surface area contributed by atoms with Crippen LogP contribution in [0.25, 0.3) is 0 Å². The van der Waals surface area contributed by atoms with Crippen LogP contribution < -0.4 is 4.74 Å². The molecule has 0 bridgehead atoms. The smallest absolute Gasteiger partial charge is 0.349 e. The Balaban J connectivity index is 2.20. The van der Waals surface area contributed by atoms with Crippen molar-refractivity contribution in [3.63, 3.8) is 0 Å². The van der Waals surface area contributed by atoms with Crippen LogP contribution >= 0.6 is 11.6 Å². The van der Waals surface area contributed by atoms with Gasteiger partial charge in [0.25, 0.3) is 0 Å². The Morgan fingerprint density at radius 1 is 1.00 bits per heavy atom. The molecule has 4 heteroatoms. The van der Waals surface area contributed by atoms with Crippen LogP contribution in [0.1, 0.15) is 37.0 Å². The van der Waals surface area contributed by atoms with Gasteiger partial charge >= 0.3 is 5.97 Å². The zero-order valence-corrected chi connectivity index (χ0v) is 12.7. The van der Waals surface area contributed by atoms with Gasteiger partial charge in [-0.3, -0.25) is 0 Å². The van der Waals surface area contributed by atoms with Gasteiger partial charge in [-0.1, -0.05) is 49.7 Å². The number of halogens is 1. The molecule has 1 unspecified atom stereocenters. The Hall–Kier alpha value is -2.00. The third-order valence-electron chi connectivity index (χ3n) is 3.20. The number of rotatable bonds is 5. The molecule has 110 valence electrons. The SMILES string of the molecule is CC(C)c1ccc(OC(C(=O)O)c2ccc(Cl)cc2)cc1. The molecule has 0 amide bonds. The average molecular weight is 305 g/mol. The fourth-order valence-corrected chi connectivity index (χ4v) is 2.09. The Bertz CT molecular complexity index is 603. The maximum absolute atomic E-state index is 11.4. The van der Waals surface area contributed by atoms with E-state index in [1.54, 1.807) is 36.4 Å². The molecule has 0 fully saturated rings. The first-order valence-corrected chi connectivity index (χ1v) is 7.10. The van der Waals surface area contributed by atoms with Crippen LogP contribution in [0.4, 0.5) is 0 Å². The minimum atomic E-state index is -1.05. The number of aliphatic carboxylic acids is 1. The molecule has 1 atom stereocenters. The second-order valence-electron chi connectivity index (χ2n) is 5.11. The molecule has 2 aromatic carbocycles. The molecule has 0 aromatic heterocycles. The van der Waals surface area contributed by atoms with Gasteiger partial charge in [-0.15, -0.1) is 0 Å². The largest absolute Gasteiger partial charge is 0.478 e. The van der Waals surface area contributed by atoms with Crippen LogP contribution in [0.3, 0.4) is 0 Å². The van der Waals surface area contributed by atoms with Crippen LogP contribution in [0.5, 0.6) is 5.75 Å². The third kappa shape index (κ3) is 3.99. The van der Waals surface area contributed by atoms with E-state index in [1.807, 2.05) is 12.1 Å². The zero-order chi connectivity index (χ0) is 15.4. The van der Waals surface area contributed by atoms with Gasteiger partial charge in [0.15, 0.2) is 0 Å². The van der Waals surface area contributed by atoms with Gasteiger partial charge in [-0.2, -0.15) is 0 Å². The molecule has 0 aliphatic heterocycles. The third-order valence-corrected chi connectivity index (χ3v) is 3.45. The molecule has 0 aliphatic carbocycles. The topological polar surface area (TPSA) is 46.5 Å². The summed E-state index contributed by atoms with van der Waals surface area (Å²) in [4.78, 5) is 11.4. The van der Waals surface area contributed by atoms with E-state index in [9.17, 15) is 9.90 Å². The van der Waals surface area contributed by atoms with Crippen molar-refractivity contribution < 1.29 is 14.6 Å². The van der Waals surface area contributed by atoms with Crippen molar-refractivity contribution in [1.82, 2.24) is 0 Å². The maximum atomic E-state index is 11.4. The van der Waals surface area contributed by atoms with Crippen molar-refractivity contribution in [2.75, 3.05) is 0 Å². The second kappa shape index (κ2) is 6.64. The fraction of sp³-hybridized carbons (Fsp3) is 0.235. The number of carboxylic acid groups (broad SMARTS) is 1. The summed E-state index contributed by atoms with van der Waals surface area (Å²) in [7, 11) is 0. The minimum absolute atomic E-state index is 0.422. The first-order valence-electron chi connectivity index (χ1n) is 6.72. The molecule has 21 heavy (non-hydrogen) atoms. The van der Waals surface area contributed by atoms with E-state index >= 15 is 0 Å². The molecular formula is C17H17ClO3. The Labute approximate surface area is 129 Å². The van der Waals surface area contributed by atoms with Crippen molar-refractivity contribution in [2.24, 2.45) is 0 Å². The van der Waals surface area contributed by atoms with E-state index in [-0.39, 0.29) is 0 Å². The predicted molar refractivity (Wildman–Crippen MR) is 83.0 cm³/mol. The van der Waals surface area contributed by atoms with E-state index in [0.717, 1.165) is 0 Å². The average Bonchev–Trinajstić information content (AvgIpc) is 2.46. The molecule has 0 aliphatic rings. The first-order chi connectivity index (χ1) is 9.97. The van der Waals surface area contributed by atoms with E-state index < -0.39 is 12.1 Å². The summed E-state index contributed by atoms with van der Waals surface area (Å²) in [5.74, 6) is -0.0856. The molecule has 0 radical (unpaired) electrons. The standard InChI is InChI=1S/C17H17ClO3/c1-11(2)12-5-9-15(10-6-12)21-16(17(19)20)13-3-7-14(18)8-4-13/h3-11,16H,1-2H3,(H,19,20). The second-order valence-corrected chi connectivity index (χ2v) is 5.55. The number of benzene rings is 2. The van der Waals surface area contributed by atoms with Crippen LogP contribution in [0.2, 0.25) is 5.02 Å². The number of carbonyl (C=O) groups is 1. The Morgan fingerprint density at radius 3 is 2.00 bits per heavy atom. The lowest BCUT2D eigenvalue weighted by molar-refractivity contribution is -0.145. The van der Waals surface area contributed by atoms with Gasteiger partial charge in [-0.25, -0.2) is 4.79 Å².